The summed E-state index contributed by atoms with van der Waals surface area (Å²) in [6, 6.07) is 71.2. The molecule has 2 radical (unpaired) electrons. The summed E-state index contributed by atoms with van der Waals surface area (Å²) in [4.78, 5) is 0. The van der Waals surface area contributed by atoms with Crippen molar-refractivity contribution in [3.63, 3.8) is 0 Å². The van der Waals surface area contributed by atoms with Crippen molar-refractivity contribution in [1.82, 2.24) is 0 Å². The van der Waals surface area contributed by atoms with Gasteiger partial charge in [0.15, 0.2) is 0 Å². The SMILES string of the molecule is CCCCc1cc2c(-c3ccccc3-c3cccc4ccccc34)cccc2[cH-]1.CCCCc1cc2c(-c3ccccc3-c3cccc4ccccc34)cccc2[cH-]1.C[Si]C.[Zr+2]. The average Bonchev–Trinajstić information content (AvgIpc) is 3.94. The van der Waals surface area contributed by atoms with E-state index in [0.717, 1.165) is 22.4 Å². The molecule has 0 aliphatic heterocycles. The molecule has 0 saturated carbocycles. The monoisotopic (exact) mass is 894 g/mol. The molecule has 0 nitrogen and oxygen atoms in total. The first-order chi connectivity index (χ1) is 30.1. The van der Waals surface area contributed by atoms with Gasteiger partial charge in [0.1, 0.15) is 0 Å². The second kappa shape index (κ2) is 21.6. The fraction of sp³-hybridized carbons (Fsp3) is 0.167. The molecule has 10 rings (SSSR count). The fourth-order valence-corrected chi connectivity index (χ4v) is 8.94. The number of fused-ring (bicyclic) bond motifs is 4. The van der Waals surface area contributed by atoms with Gasteiger partial charge in [-0.2, -0.15) is 12.1 Å². The Morgan fingerprint density at radius 3 is 1.02 bits per heavy atom. The molecule has 0 bridgehead atoms. The van der Waals surface area contributed by atoms with E-state index in [-0.39, 0.29) is 26.2 Å². The second-order valence-corrected chi connectivity index (χ2v) is 17.2. The van der Waals surface area contributed by atoms with Crippen LogP contribution in [0.25, 0.3) is 87.6 Å². The van der Waals surface area contributed by atoms with Crippen molar-refractivity contribution < 1.29 is 26.2 Å². The molecule has 0 aliphatic carbocycles. The topological polar surface area (TPSA) is 0 Å². The third-order valence-corrected chi connectivity index (χ3v) is 11.9. The van der Waals surface area contributed by atoms with Gasteiger partial charge in [0.2, 0.25) is 0 Å². The van der Waals surface area contributed by atoms with Crippen LogP contribution < -0.4 is 0 Å². The van der Waals surface area contributed by atoms with Crippen molar-refractivity contribution >= 4 is 52.6 Å². The molecule has 62 heavy (non-hydrogen) atoms. The van der Waals surface area contributed by atoms with Gasteiger partial charge in [0.25, 0.3) is 0 Å². The summed E-state index contributed by atoms with van der Waals surface area (Å²) in [5.74, 6) is 0. The maximum Gasteiger partial charge on any atom is 2.00 e. The minimum Gasteiger partial charge on any atom is -0.164 e. The van der Waals surface area contributed by atoms with Gasteiger partial charge in [0, 0.05) is 9.52 Å². The number of aryl methyl sites for hydroxylation is 2. The zero-order chi connectivity index (χ0) is 42.0. The fourth-order valence-electron chi connectivity index (χ4n) is 8.94. The van der Waals surface area contributed by atoms with E-state index in [1.807, 2.05) is 0 Å². The summed E-state index contributed by atoms with van der Waals surface area (Å²) < 4.78 is 0. The molecular formula is C60H56SiZr. The number of benzene rings is 8. The molecule has 0 atom stereocenters. The van der Waals surface area contributed by atoms with Crippen molar-refractivity contribution in [2.45, 2.75) is 65.5 Å². The summed E-state index contributed by atoms with van der Waals surface area (Å²) in [6.45, 7) is 8.82. The maximum absolute atomic E-state index is 2.40. The summed E-state index contributed by atoms with van der Waals surface area (Å²) in [5, 5.41) is 10.6. The normalized spacial score (nSPS) is 10.9. The van der Waals surface area contributed by atoms with Crippen LogP contribution in [0.15, 0.2) is 194 Å². The van der Waals surface area contributed by atoms with Crippen LogP contribution in [0.3, 0.4) is 0 Å². The summed E-state index contributed by atoms with van der Waals surface area (Å²) in [7, 11) is 1.08. The predicted molar refractivity (Wildman–Crippen MR) is 271 cm³/mol. The van der Waals surface area contributed by atoms with Gasteiger partial charge in [-0.15, -0.1) is 69.1 Å². The Balaban J connectivity index is 0.000000173. The van der Waals surface area contributed by atoms with E-state index >= 15 is 0 Å². The van der Waals surface area contributed by atoms with Crippen molar-refractivity contribution in [1.29, 1.82) is 0 Å². The number of rotatable bonds is 10. The van der Waals surface area contributed by atoms with Crippen LogP contribution in [-0.2, 0) is 39.0 Å². The van der Waals surface area contributed by atoms with Crippen LogP contribution in [0.2, 0.25) is 13.1 Å². The molecule has 0 N–H and O–H groups in total. The molecule has 0 unspecified atom stereocenters. The minimum absolute atomic E-state index is 0. The largest absolute Gasteiger partial charge is 2.00 e. The van der Waals surface area contributed by atoms with E-state index in [1.165, 1.54) is 124 Å². The Morgan fingerprint density at radius 2 is 0.645 bits per heavy atom. The number of unbranched alkanes of at least 4 members (excludes halogenated alkanes) is 2. The molecule has 0 heterocycles. The Kier molecular flexibility index (Phi) is 15.6. The average molecular weight is 896 g/mol. The first-order valence-electron chi connectivity index (χ1n) is 22.2. The zero-order valence-electron chi connectivity index (χ0n) is 36.7. The van der Waals surface area contributed by atoms with E-state index in [4.69, 9.17) is 0 Å². The maximum atomic E-state index is 2.40. The predicted octanol–water partition coefficient (Wildman–Crippen LogP) is 17.6. The number of hydrogen-bond acceptors (Lipinski definition) is 0. The molecule has 2 heteroatoms. The quantitative estimate of drug-likeness (QED) is 0.0948. The summed E-state index contributed by atoms with van der Waals surface area (Å²) in [5.41, 5.74) is 13.4. The third kappa shape index (κ3) is 9.79. The van der Waals surface area contributed by atoms with E-state index in [0.29, 0.717) is 0 Å². The van der Waals surface area contributed by atoms with E-state index in [1.54, 1.807) is 0 Å². The molecule has 0 spiro atoms. The Labute approximate surface area is 391 Å². The Bertz CT molecular complexity index is 2800. The van der Waals surface area contributed by atoms with Gasteiger partial charge in [-0.1, -0.05) is 209 Å². The molecule has 10 aromatic carbocycles. The van der Waals surface area contributed by atoms with Crippen molar-refractivity contribution in [3.8, 4) is 44.5 Å². The molecular weight excluding hydrogens is 840 g/mol. The van der Waals surface area contributed by atoms with Gasteiger partial charge in [-0.05, 0) is 67.8 Å². The summed E-state index contributed by atoms with van der Waals surface area (Å²) >= 11 is 0. The van der Waals surface area contributed by atoms with Gasteiger partial charge < -0.3 is 0 Å². The smallest absolute Gasteiger partial charge is 0.164 e. The minimum atomic E-state index is 0. The van der Waals surface area contributed by atoms with Crippen LogP contribution in [0.1, 0.15) is 50.7 Å². The second-order valence-electron chi connectivity index (χ2n) is 16.2. The van der Waals surface area contributed by atoms with Crippen LogP contribution in [0, 0.1) is 0 Å². The molecule has 0 saturated heterocycles. The third-order valence-electron chi connectivity index (χ3n) is 11.9. The number of hydrogen-bond donors (Lipinski definition) is 0. The van der Waals surface area contributed by atoms with Gasteiger partial charge in [-0.3, -0.25) is 0 Å². The first kappa shape index (κ1) is 44.6. The van der Waals surface area contributed by atoms with Crippen molar-refractivity contribution in [2.75, 3.05) is 0 Å². The van der Waals surface area contributed by atoms with Gasteiger partial charge in [0.05, 0.1) is 0 Å². The molecule has 0 amide bonds. The van der Waals surface area contributed by atoms with E-state index < -0.39 is 0 Å². The first-order valence-corrected chi connectivity index (χ1v) is 24.2. The van der Waals surface area contributed by atoms with E-state index in [2.05, 4.69) is 221 Å². The van der Waals surface area contributed by atoms with Crippen molar-refractivity contribution in [2.24, 2.45) is 0 Å². The Morgan fingerprint density at radius 1 is 0.355 bits per heavy atom. The molecule has 10 aromatic rings. The summed E-state index contributed by atoms with van der Waals surface area (Å²) in [6.07, 6.45) is 7.29. The zero-order valence-corrected chi connectivity index (χ0v) is 40.2. The molecule has 0 aromatic heterocycles. The van der Waals surface area contributed by atoms with Crippen LogP contribution in [0.5, 0.6) is 0 Å². The standard InChI is InChI=1S/2C29H25.C2H6Si.Zr/c2*1-2-3-10-21-19-23-13-9-18-28(29(23)20-21)27-16-7-6-15-26(27)25-17-8-12-22-11-4-5-14-24(22)25;1-3-2;/h2*4-9,11-20H,2-3,10H2,1H3;1-2H3;/q2*-1;;+2. The van der Waals surface area contributed by atoms with Gasteiger partial charge in [-0.25, -0.2) is 0 Å². The van der Waals surface area contributed by atoms with Crippen LogP contribution >= 0.6 is 0 Å². The van der Waals surface area contributed by atoms with Crippen molar-refractivity contribution in [3.05, 3.63) is 205 Å². The van der Waals surface area contributed by atoms with Crippen LogP contribution in [0.4, 0.5) is 0 Å². The Hall–Kier alpha value is -5.40. The molecule has 0 aliphatic rings. The van der Waals surface area contributed by atoms with E-state index in [9.17, 15) is 0 Å². The molecule has 0 fully saturated rings. The van der Waals surface area contributed by atoms with Gasteiger partial charge >= 0.3 is 26.2 Å². The molecule has 304 valence electrons. The van der Waals surface area contributed by atoms with Crippen LogP contribution in [-0.4, -0.2) is 9.52 Å².